The van der Waals surface area contributed by atoms with Gasteiger partial charge in [-0.1, -0.05) is 37.6 Å². The van der Waals surface area contributed by atoms with E-state index in [1.165, 1.54) is 30.0 Å². The summed E-state index contributed by atoms with van der Waals surface area (Å²) in [5.41, 5.74) is 3.72. The number of carbonyl (C=O) groups is 1. The number of nitrogens with one attached hydrogen (secondary N) is 1. The quantitative estimate of drug-likeness (QED) is 0.414. The van der Waals surface area contributed by atoms with Crippen LogP contribution >= 0.6 is 11.6 Å². The summed E-state index contributed by atoms with van der Waals surface area (Å²) in [5, 5.41) is 14.8. The standard InChI is InChI=1S/C19H20ClN3O4/c1-3-13(2)14-4-7-17(8-5-14)27-12-19(24)22-21-11-15-10-16(23(25)26)6-9-18(15)20/h4-11,13H,3,12H2,1-2H3,(H,22,24)/b21-11+. The second-order valence-electron chi connectivity index (χ2n) is 5.92. The molecule has 7 nitrogen and oxygen atoms in total. The van der Waals surface area contributed by atoms with Gasteiger partial charge in [-0.3, -0.25) is 14.9 Å². The largest absolute Gasteiger partial charge is 0.484 e. The number of hydrogen-bond donors (Lipinski definition) is 1. The highest BCUT2D eigenvalue weighted by atomic mass is 35.5. The Morgan fingerprint density at radius 1 is 1.33 bits per heavy atom. The van der Waals surface area contributed by atoms with Gasteiger partial charge in [-0.25, -0.2) is 5.43 Å². The van der Waals surface area contributed by atoms with Crippen molar-refractivity contribution in [1.82, 2.24) is 5.43 Å². The molecule has 0 radical (unpaired) electrons. The van der Waals surface area contributed by atoms with Crippen LogP contribution in [0, 0.1) is 10.1 Å². The van der Waals surface area contributed by atoms with Crippen molar-refractivity contribution in [3.8, 4) is 5.75 Å². The maximum absolute atomic E-state index is 11.8. The molecule has 1 atom stereocenters. The summed E-state index contributed by atoms with van der Waals surface area (Å²) in [4.78, 5) is 22.0. The highest BCUT2D eigenvalue weighted by Gasteiger charge is 2.09. The minimum Gasteiger partial charge on any atom is -0.484 e. The fraction of sp³-hybridized carbons (Fsp3) is 0.263. The first-order valence-electron chi connectivity index (χ1n) is 8.39. The third-order valence-corrected chi connectivity index (χ3v) is 4.36. The average Bonchev–Trinajstić information content (AvgIpc) is 2.67. The van der Waals surface area contributed by atoms with Gasteiger partial charge in [0.05, 0.1) is 11.1 Å². The number of hydrazone groups is 1. The molecule has 0 bridgehead atoms. The van der Waals surface area contributed by atoms with Crippen molar-refractivity contribution in [2.45, 2.75) is 26.2 Å². The number of hydrogen-bond acceptors (Lipinski definition) is 5. The van der Waals surface area contributed by atoms with Gasteiger partial charge in [-0.05, 0) is 36.1 Å². The lowest BCUT2D eigenvalue weighted by Gasteiger charge is -2.10. The predicted molar refractivity (Wildman–Crippen MR) is 104 cm³/mol. The van der Waals surface area contributed by atoms with Crippen molar-refractivity contribution in [3.63, 3.8) is 0 Å². The van der Waals surface area contributed by atoms with Crippen LogP contribution in [0.2, 0.25) is 5.02 Å². The summed E-state index contributed by atoms with van der Waals surface area (Å²) >= 11 is 5.95. The molecular weight excluding hydrogens is 370 g/mol. The first-order valence-corrected chi connectivity index (χ1v) is 8.77. The maximum Gasteiger partial charge on any atom is 0.277 e. The highest BCUT2D eigenvalue weighted by Crippen LogP contribution is 2.22. The van der Waals surface area contributed by atoms with Crippen LogP contribution in [-0.4, -0.2) is 23.7 Å². The molecule has 1 amide bonds. The Hall–Kier alpha value is -2.93. The topological polar surface area (TPSA) is 93.8 Å². The monoisotopic (exact) mass is 389 g/mol. The van der Waals surface area contributed by atoms with Crippen LogP contribution in [0.25, 0.3) is 0 Å². The van der Waals surface area contributed by atoms with Crippen molar-refractivity contribution in [2.75, 3.05) is 6.61 Å². The Balaban J connectivity index is 1.87. The Kier molecular flexibility index (Phi) is 7.31. The summed E-state index contributed by atoms with van der Waals surface area (Å²) in [6.45, 7) is 4.07. The van der Waals surface area contributed by atoms with Gasteiger partial charge in [-0.2, -0.15) is 5.10 Å². The van der Waals surface area contributed by atoms with E-state index in [0.29, 0.717) is 17.2 Å². The summed E-state index contributed by atoms with van der Waals surface area (Å²) < 4.78 is 5.41. The molecule has 2 aromatic rings. The molecule has 0 aliphatic rings. The van der Waals surface area contributed by atoms with Gasteiger partial charge in [0, 0.05) is 22.7 Å². The van der Waals surface area contributed by atoms with Gasteiger partial charge >= 0.3 is 0 Å². The molecule has 2 rings (SSSR count). The summed E-state index contributed by atoms with van der Waals surface area (Å²) in [7, 11) is 0. The number of nitro groups is 1. The zero-order chi connectivity index (χ0) is 19.8. The minimum absolute atomic E-state index is 0.114. The molecule has 0 heterocycles. The van der Waals surface area contributed by atoms with Crippen molar-refractivity contribution in [1.29, 1.82) is 0 Å². The number of carbonyl (C=O) groups excluding carboxylic acids is 1. The molecule has 0 aliphatic carbocycles. The lowest BCUT2D eigenvalue weighted by molar-refractivity contribution is -0.384. The van der Waals surface area contributed by atoms with E-state index in [4.69, 9.17) is 16.3 Å². The lowest BCUT2D eigenvalue weighted by Crippen LogP contribution is -2.24. The summed E-state index contributed by atoms with van der Waals surface area (Å²) in [5.74, 6) is 0.596. The predicted octanol–water partition coefficient (Wildman–Crippen LogP) is 4.29. The van der Waals surface area contributed by atoms with Crippen molar-refractivity contribution in [3.05, 3.63) is 68.7 Å². The fourth-order valence-corrected chi connectivity index (χ4v) is 2.39. The molecule has 0 aliphatic heterocycles. The third-order valence-electron chi connectivity index (χ3n) is 4.01. The smallest absolute Gasteiger partial charge is 0.277 e. The zero-order valence-corrected chi connectivity index (χ0v) is 15.8. The Morgan fingerprint density at radius 2 is 2.04 bits per heavy atom. The van der Waals surface area contributed by atoms with Gasteiger partial charge in [0.25, 0.3) is 11.6 Å². The Labute approximate surface area is 162 Å². The molecule has 2 aromatic carbocycles. The highest BCUT2D eigenvalue weighted by molar-refractivity contribution is 6.33. The molecule has 0 spiro atoms. The number of ether oxygens (including phenoxy) is 1. The van der Waals surface area contributed by atoms with Crippen LogP contribution in [-0.2, 0) is 4.79 Å². The number of nitro benzene ring substituents is 1. The fourth-order valence-electron chi connectivity index (χ4n) is 2.23. The van der Waals surface area contributed by atoms with Crippen LogP contribution in [0.15, 0.2) is 47.6 Å². The number of halogens is 1. The molecule has 27 heavy (non-hydrogen) atoms. The van der Waals surface area contributed by atoms with E-state index >= 15 is 0 Å². The van der Waals surface area contributed by atoms with E-state index < -0.39 is 10.8 Å². The van der Waals surface area contributed by atoms with Crippen molar-refractivity contribution < 1.29 is 14.5 Å². The van der Waals surface area contributed by atoms with E-state index in [1.54, 1.807) is 0 Å². The van der Waals surface area contributed by atoms with Gasteiger partial charge in [0.2, 0.25) is 0 Å². The van der Waals surface area contributed by atoms with Crippen LogP contribution in [0.3, 0.4) is 0 Å². The number of non-ortho nitro benzene ring substituents is 1. The Morgan fingerprint density at radius 3 is 2.67 bits per heavy atom. The SMILES string of the molecule is CCC(C)c1ccc(OCC(=O)N/N=C/c2cc([N+](=O)[O-])ccc2Cl)cc1. The second-order valence-corrected chi connectivity index (χ2v) is 6.33. The van der Waals surface area contributed by atoms with E-state index in [1.807, 2.05) is 24.3 Å². The molecule has 1 N–H and O–H groups in total. The summed E-state index contributed by atoms with van der Waals surface area (Å²) in [6.07, 6.45) is 2.30. The first kappa shape index (κ1) is 20.4. The van der Waals surface area contributed by atoms with Crippen LogP contribution in [0.5, 0.6) is 5.75 Å². The van der Waals surface area contributed by atoms with Gasteiger partial charge in [0.15, 0.2) is 6.61 Å². The maximum atomic E-state index is 11.8. The zero-order valence-electron chi connectivity index (χ0n) is 15.0. The number of amides is 1. The van der Waals surface area contributed by atoms with Gasteiger partial charge in [-0.15, -0.1) is 0 Å². The molecule has 0 saturated heterocycles. The second kappa shape index (κ2) is 9.68. The Bertz CT molecular complexity index is 837. The molecule has 0 aromatic heterocycles. The van der Waals surface area contributed by atoms with E-state index in [-0.39, 0.29) is 17.3 Å². The molecule has 0 fully saturated rings. The third kappa shape index (κ3) is 6.07. The molecule has 1 unspecified atom stereocenters. The van der Waals surface area contributed by atoms with Crippen molar-refractivity contribution in [2.24, 2.45) is 5.10 Å². The van der Waals surface area contributed by atoms with Gasteiger partial charge < -0.3 is 4.74 Å². The molecule has 8 heteroatoms. The number of rotatable bonds is 8. The van der Waals surface area contributed by atoms with E-state index in [9.17, 15) is 14.9 Å². The van der Waals surface area contributed by atoms with Crippen LogP contribution in [0.4, 0.5) is 5.69 Å². The van der Waals surface area contributed by atoms with Crippen LogP contribution < -0.4 is 10.2 Å². The van der Waals surface area contributed by atoms with Gasteiger partial charge in [0.1, 0.15) is 5.75 Å². The number of benzene rings is 2. The molecular formula is C19H20ClN3O4. The van der Waals surface area contributed by atoms with E-state index in [0.717, 1.165) is 6.42 Å². The molecule has 142 valence electrons. The normalized spacial score (nSPS) is 12.0. The lowest BCUT2D eigenvalue weighted by atomic mass is 9.99. The minimum atomic E-state index is -0.535. The average molecular weight is 390 g/mol. The van der Waals surface area contributed by atoms with Crippen molar-refractivity contribution >= 4 is 29.4 Å². The summed E-state index contributed by atoms with van der Waals surface area (Å²) in [6, 6.07) is 11.6. The van der Waals surface area contributed by atoms with E-state index in [2.05, 4.69) is 24.4 Å². The van der Waals surface area contributed by atoms with Crippen LogP contribution in [0.1, 0.15) is 37.3 Å². The number of nitrogens with zero attached hydrogens (tertiary/aromatic N) is 2. The first-order chi connectivity index (χ1) is 12.9. The molecule has 0 saturated carbocycles.